The van der Waals surface area contributed by atoms with Crippen LogP contribution in [0.25, 0.3) is 0 Å². The molecule has 6 heteroatoms. The number of aliphatic hydroxyl groups is 1. The van der Waals surface area contributed by atoms with Crippen molar-refractivity contribution in [1.29, 1.82) is 0 Å². The van der Waals surface area contributed by atoms with E-state index < -0.39 is 6.10 Å². The van der Waals surface area contributed by atoms with Crippen LogP contribution in [0.3, 0.4) is 0 Å². The first-order valence-corrected chi connectivity index (χ1v) is 6.87. The molecule has 5 nitrogen and oxygen atoms in total. The van der Waals surface area contributed by atoms with E-state index in [2.05, 4.69) is 10.1 Å². The summed E-state index contributed by atoms with van der Waals surface area (Å²) in [5.74, 6) is 0. The largest absolute Gasteiger partial charge is 0.383 e. The van der Waals surface area contributed by atoms with E-state index in [-0.39, 0.29) is 0 Å². The van der Waals surface area contributed by atoms with E-state index in [0.717, 1.165) is 17.5 Å². The summed E-state index contributed by atoms with van der Waals surface area (Å²) in [5, 5.41) is 15.3. The molecule has 0 fully saturated rings. The lowest BCUT2D eigenvalue weighted by Gasteiger charge is -2.17. The second-order valence-electron chi connectivity index (χ2n) is 4.42. The van der Waals surface area contributed by atoms with Gasteiger partial charge in [-0.3, -0.25) is 9.67 Å². The SMILES string of the molecule is CCc1cnccc1C(O)c1c(Cl)cnn1CCOC. The molecule has 0 amide bonds. The van der Waals surface area contributed by atoms with Gasteiger partial charge < -0.3 is 9.84 Å². The zero-order valence-corrected chi connectivity index (χ0v) is 12.3. The smallest absolute Gasteiger partial charge is 0.123 e. The molecule has 1 atom stereocenters. The standard InChI is InChI=1S/C14H18ClN3O2/c1-3-10-8-16-5-4-11(10)14(19)13-12(15)9-17-18(13)6-7-20-2/h4-5,8-9,14,19H,3,6-7H2,1-2H3. The quantitative estimate of drug-likeness (QED) is 0.888. The van der Waals surface area contributed by atoms with E-state index in [4.69, 9.17) is 16.3 Å². The van der Waals surface area contributed by atoms with Crippen LogP contribution >= 0.6 is 11.6 Å². The lowest BCUT2D eigenvalue weighted by molar-refractivity contribution is 0.171. The van der Waals surface area contributed by atoms with Crippen molar-refractivity contribution in [1.82, 2.24) is 14.8 Å². The minimum atomic E-state index is -0.820. The number of nitrogens with zero attached hydrogens (tertiary/aromatic N) is 3. The van der Waals surface area contributed by atoms with Gasteiger partial charge in [-0.2, -0.15) is 5.10 Å². The van der Waals surface area contributed by atoms with Crippen molar-refractivity contribution in [3.63, 3.8) is 0 Å². The van der Waals surface area contributed by atoms with E-state index in [1.54, 1.807) is 30.4 Å². The number of aryl methyl sites for hydroxylation is 1. The van der Waals surface area contributed by atoms with E-state index in [9.17, 15) is 5.11 Å². The molecule has 0 aliphatic rings. The molecule has 0 aromatic carbocycles. The molecule has 2 rings (SSSR count). The van der Waals surface area contributed by atoms with Crippen molar-refractivity contribution < 1.29 is 9.84 Å². The molecule has 1 unspecified atom stereocenters. The Kier molecular flexibility index (Phi) is 5.11. The van der Waals surface area contributed by atoms with Crippen molar-refractivity contribution in [2.45, 2.75) is 26.0 Å². The van der Waals surface area contributed by atoms with E-state index in [0.29, 0.717) is 23.9 Å². The zero-order valence-electron chi connectivity index (χ0n) is 11.6. The van der Waals surface area contributed by atoms with E-state index in [1.165, 1.54) is 0 Å². The highest BCUT2D eigenvalue weighted by Crippen LogP contribution is 2.29. The number of methoxy groups -OCH3 is 1. The minimum Gasteiger partial charge on any atom is -0.383 e. The lowest BCUT2D eigenvalue weighted by atomic mass is 10.0. The Morgan fingerprint density at radius 2 is 2.25 bits per heavy atom. The average molecular weight is 296 g/mol. The summed E-state index contributed by atoms with van der Waals surface area (Å²) in [6.07, 6.45) is 4.95. The maximum atomic E-state index is 10.6. The monoisotopic (exact) mass is 295 g/mol. The summed E-state index contributed by atoms with van der Waals surface area (Å²) < 4.78 is 6.72. The Hall–Kier alpha value is -1.43. The Labute approximate surface area is 123 Å². The third kappa shape index (κ3) is 3.00. The van der Waals surface area contributed by atoms with Crippen LogP contribution in [0.4, 0.5) is 0 Å². The van der Waals surface area contributed by atoms with Crippen molar-refractivity contribution in [3.05, 3.63) is 46.5 Å². The molecular weight excluding hydrogens is 278 g/mol. The van der Waals surface area contributed by atoms with Crippen LogP contribution < -0.4 is 0 Å². The first-order chi connectivity index (χ1) is 9.69. The molecule has 2 aromatic heterocycles. The second-order valence-corrected chi connectivity index (χ2v) is 4.83. The number of hydrogen-bond acceptors (Lipinski definition) is 4. The highest BCUT2D eigenvalue weighted by molar-refractivity contribution is 6.31. The fourth-order valence-electron chi connectivity index (χ4n) is 2.15. The van der Waals surface area contributed by atoms with Crippen LogP contribution in [0.1, 0.15) is 29.8 Å². The molecule has 2 heterocycles. The molecule has 108 valence electrons. The van der Waals surface area contributed by atoms with Gasteiger partial charge in [-0.25, -0.2) is 0 Å². The Morgan fingerprint density at radius 3 is 2.95 bits per heavy atom. The van der Waals surface area contributed by atoms with Crippen molar-refractivity contribution in [2.75, 3.05) is 13.7 Å². The summed E-state index contributed by atoms with van der Waals surface area (Å²) in [6, 6.07) is 1.81. The Morgan fingerprint density at radius 1 is 1.45 bits per heavy atom. The summed E-state index contributed by atoms with van der Waals surface area (Å²) in [6.45, 7) is 3.08. The second kappa shape index (κ2) is 6.83. The molecule has 0 aliphatic carbocycles. The number of pyridine rings is 1. The molecule has 0 aliphatic heterocycles. The molecular formula is C14H18ClN3O2. The first kappa shape index (κ1) is 15.0. The molecule has 20 heavy (non-hydrogen) atoms. The number of ether oxygens (including phenoxy) is 1. The van der Waals surface area contributed by atoms with Crippen molar-refractivity contribution in [3.8, 4) is 0 Å². The van der Waals surface area contributed by atoms with Gasteiger partial charge in [0.2, 0.25) is 0 Å². The third-order valence-corrected chi connectivity index (χ3v) is 3.51. The van der Waals surface area contributed by atoms with Gasteiger partial charge in [-0.05, 0) is 23.6 Å². The zero-order chi connectivity index (χ0) is 14.5. The molecule has 0 saturated heterocycles. The maximum absolute atomic E-state index is 10.6. The fourth-order valence-corrected chi connectivity index (χ4v) is 2.39. The number of hydrogen-bond donors (Lipinski definition) is 1. The summed E-state index contributed by atoms with van der Waals surface area (Å²) >= 11 is 6.16. The molecule has 0 bridgehead atoms. The summed E-state index contributed by atoms with van der Waals surface area (Å²) in [4.78, 5) is 4.09. The number of aliphatic hydroxyl groups excluding tert-OH is 1. The number of rotatable bonds is 6. The van der Waals surface area contributed by atoms with Gasteiger partial charge in [0.15, 0.2) is 0 Å². The first-order valence-electron chi connectivity index (χ1n) is 6.50. The van der Waals surface area contributed by atoms with E-state index in [1.807, 2.05) is 13.0 Å². The molecule has 2 aromatic rings. The number of halogens is 1. The average Bonchev–Trinajstić information content (AvgIpc) is 2.85. The summed E-state index contributed by atoms with van der Waals surface area (Å²) in [7, 11) is 1.62. The third-order valence-electron chi connectivity index (χ3n) is 3.22. The van der Waals surface area contributed by atoms with Gasteiger partial charge in [0.05, 0.1) is 30.1 Å². The fraction of sp³-hybridized carbons (Fsp3) is 0.429. The molecule has 0 saturated carbocycles. The van der Waals surface area contributed by atoms with Crippen molar-refractivity contribution in [2.24, 2.45) is 0 Å². The van der Waals surface area contributed by atoms with Crippen LogP contribution in [0.15, 0.2) is 24.7 Å². The predicted molar refractivity (Wildman–Crippen MR) is 76.8 cm³/mol. The van der Waals surface area contributed by atoms with Crippen LogP contribution in [0.2, 0.25) is 5.02 Å². The van der Waals surface area contributed by atoms with Gasteiger partial charge in [0.1, 0.15) is 6.10 Å². The Balaban J connectivity index is 2.37. The molecule has 1 N–H and O–H groups in total. The summed E-state index contributed by atoms with van der Waals surface area (Å²) in [5.41, 5.74) is 2.39. The predicted octanol–water partition coefficient (Wildman–Crippen LogP) is 2.22. The van der Waals surface area contributed by atoms with E-state index >= 15 is 0 Å². The maximum Gasteiger partial charge on any atom is 0.123 e. The van der Waals surface area contributed by atoms with Gasteiger partial charge in [-0.1, -0.05) is 18.5 Å². The molecule has 0 spiro atoms. The highest BCUT2D eigenvalue weighted by atomic mass is 35.5. The van der Waals surface area contributed by atoms with Crippen LogP contribution in [0, 0.1) is 0 Å². The molecule has 0 radical (unpaired) electrons. The normalized spacial score (nSPS) is 12.6. The van der Waals surface area contributed by atoms with Crippen LogP contribution in [-0.2, 0) is 17.7 Å². The number of aromatic nitrogens is 3. The lowest BCUT2D eigenvalue weighted by Crippen LogP contribution is -2.14. The van der Waals surface area contributed by atoms with Gasteiger partial charge >= 0.3 is 0 Å². The topological polar surface area (TPSA) is 60.2 Å². The van der Waals surface area contributed by atoms with Crippen LogP contribution in [-0.4, -0.2) is 33.6 Å². The van der Waals surface area contributed by atoms with Crippen LogP contribution in [0.5, 0.6) is 0 Å². The Bertz CT molecular complexity index is 571. The van der Waals surface area contributed by atoms with Gasteiger partial charge in [0, 0.05) is 19.5 Å². The minimum absolute atomic E-state index is 0.451. The van der Waals surface area contributed by atoms with Gasteiger partial charge in [-0.15, -0.1) is 0 Å². The van der Waals surface area contributed by atoms with Gasteiger partial charge in [0.25, 0.3) is 0 Å². The highest BCUT2D eigenvalue weighted by Gasteiger charge is 2.21. The van der Waals surface area contributed by atoms with Crippen molar-refractivity contribution >= 4 is 11.6 Å².